The van der Waals surface area contributed by atoms with Gasteiger partial charge in [0.1, 0.15) is 5.65 Å². The smallest absolute Gasteiger partial charge is 0.298 e. The minimum absolute atomic E-state index is 0.00566. The number of hydrogen-bond acceptors (Lipinski definition) is 5. The summed E-state index contributed by atoms with van der Waals surface area (Å²) < 4.78 is 40.5. The molecule has 0 fully saturated rings. The highest BCUT2D eigenvalue weighted by Gasteiger charge is 2.30. The first kappa shape index (κ1) is 20.1. The molecule has 3 aromatic heterocycles. The average molecular weight is 428 g/mol. The van der Waals surface area contributed by atoms with Gasteiger partial charge in [0.2, 0.25) is 0 Å². The van der Waals surface area contributed by atoms with Gasteiger partial charge in [-0.05, 0) is 37.3 Å². The van der Waals surface area contributed by atoms with Gasteiger partial charge in [-0.25, -0.2) is 15.0 Å². The molecular formula is C21H15F3N4OS. The van der Waals surface area contributed by atoms with Crippen LogP contribution in [0.4, 0.5) is 13.2 Å². The molecule has 0 aliphatic rings. The number of aryl methyl sites for hydroxylation is 1. The number of ketones is 1. The van der Waals surface area contributed by atoms with Gasteiger partial charge in [0.05, 0.1) is 28.4 Å². The van der Waals surface area contributed by atoms with E-state index in [1.54, 1.807) is 12.3 Å². The number of rotatable bonds is 5. The second-order valence-corrected chi connectivity index (χ2v) is 7.43. The normalized spacial score (nSPS) is 11.7. The van der Waals surface area contributed by atoms with E-state index >= 15 is 0 Å². The largest absolute Gasteiger partial charge is 0.416 e. The van der Waals surface area contributed by atoms with E-state index in [9.17, 15) is 18.0 Å². The topological polar surface area (TPSA) is 60.2 Å². The third-order valence-corrected chi connectivity index (χ3v) is 5.29. The van der Waals surface area contributed by atoms with E-state index in [1.807, 2.05) is 35.7 Å². The maximum atomic E-state index is 12.9. The summed E-state index contributed by atoms with van der Waals surface area (Å²) in [7, 11) is 0. The fourth-order valence-corrected chi connectivity index (χ4v) is 3.77. The van der Waals surface area contributed by atoms with E-state index in [4.69, 9.17) is 0 Å². The van der Waals surface area contributed by atoms with Crippen molar-refractivity contribution in [1.29, 1.82) is 0 Å². The third kappa shape index (κ3) is 4.06. The van der Waals surface area contributed by atoms with E-state index in [0.29, 0.717) is 10.9 Å². The maximum Gasteiger partial charge on any atom is 0.416 e. The number of carbonyl (C=O) groups excluding carboxylic acids is 1. The molecule has 0 aliphatic heterocycles. The summed E-state index contributed by atoms with van der Waals surface area (Å²) in [6, 6.07) is 11.8. The Morgan fingerprint density at radius 2 is 1.93 bits per heavy atom. The molecule has 0 saturated carbocycles. The number of halogens is 3. The van der Waals surface area contributed by atoms with Gasteiger partial charge in [-0.15, -0.1) is 0 Å². The van der Waals surface area contributed by atoms with Gasteiger partial charge in [-0.3, -0.25) is 9.20 Å². The first-order valence-electron chi connectivity index (χ1n) is 8.93. The summed E-state index contributed by atoms with van der Waals surface area (Å²) in [6.07, 6.45) is -1.02. The summed E-state index contributed by atoms with van der Waals surface area (Å²) >= 11 is 1.08. The van der Waals surface area contributed by atoms with Crippen LogP contribution in [-0.2, 0) is 6.18 Å². The molecule has 0 aliphatic carbocycles. The predicted octanol–water partition coefficient (Wildman–Crippen LogP) is 5.09. The number of imidazole rings is 1. The quantitative estimate of drug-likeness (QED) is 0.252. The lowest BCUT2D eigenvalue weighted by molar-refractivity contribution is -0.137. The van der Waals surface area contributed by atoms with Gasteiger partial charge in [-0.2, -0.15) is 13.2 Å². The SMILES string of the molecule is Cc1nc2ccccn2c1-c1ccnc(SCC(=O)c2cccc(C(F)(F)F)c2)n1. The summed E-state index contributed by atoms with van der Waals surface area (Å²) in [5, 5.41) is 0.359. The lowest BCUT2D eigenvalue weighted by Crippen LogP contribution is -2.09. The van der Waals surface area contributed by atoms with E-state index < -0.39 is 17.5 Å². The van der Waals surface area contributed by atoms with Crippen molar-refractivity contribution in [3.8, 4) is 11.4 Å². The van der Waals surface area contributed by atoms with Crippen molar-refractivity contribution < 1.29 is 18.0 Å². The Morgan fingerprint density at radius 3 is 2.73 bits per heavy atom. The molecule has 4 aromatic rings. The molecule has 9 heteroatoms. The number of aromatic nitrogens is 4. The van der Waals surface area contributed by atoms with Crippen molar-refractivity contribution in [3.63, 3.8) is 0 Å². The number of pyridine rings is 1. The number of hydrogen-bond donors (Lipinski definition) is 0. The fourth-order valence-electron chi connectivity index (χ4n) is 3.05. The number of alkyl halides is 3. The molecule has 0 amide bonds. The van der Waals surface area contributed by atoms with Crippen LogP contribution in [0.3, 0.4) is 0 Å². The molecule has 0 N–H and O–H groups in total. The molecule has 0 spiro atoms. The standard InChI is InChI=1S/C21H15F3N4OS/c1-13-19(28-10-3-2-7-18(28)26-13)16-8-9-25-20(27-16)30-12-17(29)14-5-4-6-15(11-14)21(22,23)24/h2-11H,12H2,1H3. The summed E-state index contributed by atoms with van der Waals surface area (Å²) in [5.74, 6) is -0.497. The summed E-state index contributed by atoms with van der Waals surface area (Å²) in [5.41, 5.74) is 2.22. The highest BCUT2D eigenvalue weighted by Crippen LogP contribution is 2.30. The van der Waals surface area contributed by atoms with Crippen LogP contribution in [0.15, 0.2) is 66.1 Å². The Hall–Kier alpha value is -3.20. The van der Waals surface area contributed by atoms with Crippen molar-refractivity contribution in [2.75, 3.05) is 5.75 Å². The number of Topliss-reactive ketones (excluding diaryl/α,β-unsaturated/α-hetero) is 1. The van der Waals surface area contributed by atoms with Gasteiger partial charge in [-0.1, -0.05) is 30.0 Å². The molecular weight excluding hydrogens is 413 g/mol. The second kappa shape index (κ2) is 7.91. The Kier molecular flexibility index (Phi) is 5.29. The predicted molar refractivity (Wildman–Crippen MR) is 107 cm³/mol. The summed E-state index contributed by atoms with van der Waals surface area (Å²) in [4.78, 5) is 25.6. The highest BCUT2D eigenvalue weighted by molar-refractivity contribution is 7.99. The highest BCUT2D eigenvalue weighted by atomic mass is 32.2. The number of fused-ring (bicyclic) bond motifs is 1. The van der Waals surface area contributed by atoms with Gasteiger partial charge >= 0.3 is 6.18 Å². The van der Waals surface area contributed by atoms with E-state index in [0.717, 1.165) is 40.9 Å². The van der Waals surface area contributed by atoms with Crippen molar-refractivity contribution in [3.05, 3.63) is 77.7 Å². The van der Waals surface area contributed by atoms with Gasteiger partial charge in [0.15, 0.2) is 10.9 Å². The van der Waals surface area contributed by atoms with Crippen LogP contribution in [0.5, 0.6) is 0 Å². The van der Waals surface area contributed by atoms with Crippen LogP contribution in [0.1, 0.15) is 21.6 Å². The molecule has 30 heavy (non-hydrogen) atoms. The molecule has 0 saturated heterocycles. The Labute approximate surface area is 174 Å². The van der Waals surface area contributed by atoms with E-state index in [1.165, 1.54) is 12.1 Å². The monoisotopic (exact) mass is 428 g/mol. The van der Waals surface area contributed by atoms with Crippen LogP contribution in [0.2, 0.25) is 0 Å². The van der Waals surface area contributed by atoms with Crippen molar-refractivity contribution >= 4 is 23.2 Å². The maximum absolute atomic E-state index is 12.9. The molecule has 1 aromatic carbocycles. The molecule has 0 atom stereocenters. The molecule has 0 unspecified atom stereocenters. The number of benzene rings is 1. The molecule has 0 bridgehead atoms. The van der Waals surface area contributed by atoms with Crippen LogP contribution in [0.25, 0.3) is 17.0 Å². The molecule has 4 rings (SSSR count). The zero-order chi connectivity index (χ0) is 21.3. The minimum atomic E-state index is -4.49. The Bertz CT molecular complexity index is 1240. The van der Waals surface area contributed by atoms with Gasteiger partial charge in [0, 0.05) is 18.0 Å². The van der Waals surface area contributed by atoms with Crippen molar-refractivity contribution in [2.24, 2.45) is 0 Å². The van der Waals surface area contributed by atoms with Gasteiger partial charge < -0.3 is 0 Å². The number of nitrogens with zero attached hydrogens (tertiary/aromatic N) is 4. The first-order valence-corrected chi connectivity index (χ1v) is 9.92. The number of thioether (sulfide) groups is 1. The molecule has 0 radical (unpaired) electrons. The van der Waals surface area contributed by atoms with E-state index in [2.05, 4.69) is 15.0 Å². The zero-order valence-electron chi connectivity index (χ0n) is 15.7. The molecule has 152 valence electrons. The summed E-state index contributed by atoms with van der Waals surface area (Å²) in [6.45, 7) is 1.88. The van der Waals surface area contributed by atoms with Crippen LogP contribution < -0.4 is 0 Å². The minimum Gasteiger partial charge on any atom is -0.298 e. The lowest BCUT2D eigenvalue weighted by atomic mass is 10.1. The van der Waals surface area contributed by atoms with Crippen molar-refractivity contribution in [1.82, 2.24) is 19.4 Å². The van der Waals surface area contributed by atoms with Crippen LogP contribution in [0, 0.1) is 6.92 Å². The Balaban J connectivity index is 1.54. The van der Waals surface area contributed by atoms with E-state index in [-0.39, 0.29) is 11.3 Å². The second-order valence-electron chi connectivity index (χ2n) is 6.49. The average Bonchev–Trinajstić information content (AvgIpc) is 3.07. The first-order chi connectivity index (χ1) is 14.3. The fraction of sp³-hybridized carbons (Fsp3) is 0.143. The van der Waals surface area contributed by atoms with Gasteiger partial charge in [0.25, 0.3) is 0 Å². The number of carbonyl (C=O) groups is 1. The van der Waals surface area contributed by atoms with Crippen LogP contribution in [-0.4, -0.2) is 30.9 Å². The zero-order valence-corrected chi connectivity index (χ0v) is 16.5. The lowest BCUT2D eigenvalue weighted by Gasteiger charge is -2.08. The Morgan fingerprint density at radius 1 is 1.10 bits per heavy atom. The molecule has 5 nitrogen and oxygen atoms in total. The van der Waals surface area contributed by atoms with Crippen LogP contribution >= 0.6 is 11.8 Å². The van der Waals surface area contributed by atoms with Crippen molar-refractivity contribution in [2.45, 2.75) is 18.3 Å². The third-order valence-electron chi connectivity index (χ3n) is 4.42. The molecule has 3 heterocycles.